The minimum atomic E-state index is -0.212. The van der Waals surface area contributed by atoms with Crippen LogP contribution in [0.3, 0.4) is 0 Å². The van der Waals surface area contributed by atoms with Crippen molar-refractivity contribution >= 4 is 23.3 Å². The standard InChI is InChI=1S/C14H14N4OS/c1-7-5-9-10(6-8(7)2)17(3)12-11(15-9)13(19)18(4)14(20)16-12/h5-6H,1-4H3. The van der Waals surface area contributed by atoms with E-state index in [1.54, 1.807) is 7.05 Å². The number of aryl methyl sites for hydroxylation is 3. The molecule has 0 atom stereocenters. The Morgan fingerprint density at radius 3 is 2.40 bits per heavy atom. The number of rotatable bonds is 0. The van der Waals surface area contributed by atoms with Crippen LogP contribution in [0.25, 0.3) is 22.6 Å². The predicted octanol–water partition coefficient (Wildman–Crippen LogP) is 2.12. The van der Waals surface area contributed by atoms with Gasteiger partial charge in [-0.25, -0.2) is 4.98 Å². The van der Waals surface area contributed by atoms with Crippen LogP contribution in [0, 0.1) is 18.6 Å². The van der Waals surface area contributed by atoms with Crippen LogP contribution in [-0.4, -0.2) is 19.1 Å². The first kappa shape index (κ1) is 12.9. The van der Waals surface area contributed by atoms with Crippen molar-refractivity contribution < 1.29 is 0 Å². The fourth-order valence-corrected chi connectivity index (χ4v) is 2.44. The van der Waals surface area contributed by atoms with Gasteiger partial charge < -0.3 is 4.57 Å². The molecule has 0 unspecified atom stereocenters. The van der Waals surface area contributed by atoms with Crippen LogP contribution in [0.5, 0.6) is 0 Å². The molecule has 102 valence electrons. The van der Waals surface area contributed by atoms with Gasteiger partial charge in [-0.1, -0.05) is 0 Å². The van der Waals surface area contributed by atoms with Gasteiger partial charge in [-0.05, 0) is 49.3 Å². The van der Waals surface area contributed by atoms with Crippen LogP contribution in [-0.2, 0) is 14.1 Å². The van der Waals surface area contributed by atoms with E-state index in [0.717, 1.165) is 16.6 Å². The molecule has 0 aliphatic carbocycles. The van der Waals surface area contributed by atoms with Crippen LogP contribution >= 0.6 is 12.2 Å². The summed E-state index contributed by atoms with van der Waals surface area (Å²) in [6.45, 7) is 4.08. The molecule has 1 aromatic rings. The van der Waals surface area contributed by atoms with Gasteiger partial charge in [0.25, 0.3) is 5.56 Å². The van der Waals surface area contributed by atoms with Crippen molar-refractivity contribution in [3.8, 4) is 11.5 Å². The number of fused-ring (bicyclic) bond motifs is 2. The zero-order valence-corrected chi connectivity index (χ0v) is 12.6. The maximum Gasteiger partial charge on any atom is 0.282 e. The summed E-state index contributed by atoms with van der Waals surface area (Å²) in [6, 6.07) is 4.05. The molecule has 20 heavy (non-hydrogen) atoms. The molecule has 5 nitrogen and oxygen atoms in total. The lowest BCUT2D eigenvalue weighted by atomic mass is 10.1. The molecule has 6 heteroatoms. The normalized spacial score (nSPS) is 11.4. The summed E-state index contributed by atoms with van der Waals surface area (Å²) < 4.78 is 3.49. The van der Waals surface area contributed by atoms with E-state index in [-0.39, 0.29) is 10.3 Å². The first-order valence-corrected chi connectivity index (χ1v) is 6.65. The van der Waals surface area contributed by atoms with Gasteiger partial charge in [0.15, 0.2) is 11.5 Å². The Labute approximate surface area is 120 Å². The van der Waals surface area contributed by atoms with E-state index in [1.165, 1.54) is 10.1 Å². The maximum absolute atomic E-state index is 12.3. The highest BCUT2D eigenvalue weighted by molar-refractivity contribution is 7.71. The van der Waals surface area contributed by atoms with Crippen LogP contribution in [0.4, 0.5) is 0 Å². The van der Waals surface area contributed by atoms with Crippen molar-refractivity contribution in [3.05, 3.63) is 38.4 Å². The highest BCUT2D eigenvalue weighted by Crippen LogP contribution is 2.22. The number of benzene rings is 1. The van der Waals surface area contributed by atoms with Gasteiger partial charge in [0, 0.05) is 14.1 Å². The number of hydrogen-bond acceptors (Lipinski definition) is 4. The highest BCUT2D eigenvalue weighted by Gasteiger charge is 2.17. The Bertz CT molecular complexity index is 939. The van der Waals surface area contributed by atoms with E-state index >= 15 is 0 Å². The highest BCUT2D eigenvalue weighted by atomic mass is 32.1. The van der Waals surface area contributed by atoms with E-state index < -0.39 is 0 Å². The van der Waals surface area contributed by atoms with Crippen molar-refractivity contribution in [1.29, 1.82) is 0 Å². The van der Waals surface area contributed by atoms with Crippen LogP contribution in [0.2, 0.25) is 0 Å². The molecule has 0 N–H and O–H groups in total. The van der Waals surface area contributed by atoms with Gasteiger partial charge in [-0.3, -0.25) is 9.36 Å². The maximum atomic E-state index is 12.3. The SMILES string of the molecule is Cc1cc2nc3c(=O)n(C)c(=S)nc-3n(C)c2cc1C. The third-order valence-electron chi connectivity index (χ3n) is 3.71. The molecule has 0 radical (unpaired) electrons. The summed E-state index contributed by atoms with van der Waals surface area (Å²) in [4.78, 5) is 21.1. The lowest BCUT2D eigenvalue weighted by molar-refractivity contribution is 0.774. The molecule has 3 rings (SSSR count). The topological polar surface area (TPSA) is 52.7 Å². The molecule has 0 saturated heterocycles. The Balaban J connectivity index is 2.61. The zero-order chi connectivity index (χ0) is 14.6. The molecule has 0 fully saturated rings. The van der Waals surface area contributed by atoms with Gasteiger partial charge in [-0.2, -0.15) is 4.98 Å². The third-order valence-corrected chi connectivity index (χ3v) is 4.07. The second-order valence-corrected chi connectivity index (χ2v) is 5.39. The van der Waals surface area contributed by atoms with Gasteiger partial charge in [-0.15, -0.1) is 0 Å². The Morgan fingerprint density at radius 1 is 1.05 bits per heavy atom. The van der Waals surface area contributed by atoms with E-state index in [0.29, 0.717) is 11.5 Å². The minimum Gasteiger partial charge on any atom is -0.326 e. The number of aromatic nitrogens is 4. The molecule has 0 bridgehead atoms. The largest absolute Gasteiger partial charge is 0.326 e. The second-order valence-electron chi connectivity index (χ2n) is 5.03. The van der Waals surface area contributed by atoms with E-state index in [4.69, 9.17) is 12.2 Å². The van der Waals surface area contributed by atoms with E-state index in [1.807, 2.05) is 24.6 Å². The molecule has 0 spiro atoms. The van der Waals surface area contributed by atoms with Gasteiger partial charge >= 0.3 is 0 Å². The average molecular weight is 286 g/mol. The fraction of sp³-hybridized carbons (Fsp3) is 0.286. The molecule has 0 aromatic heterocycles. The van der Waals surface area contributed by atoms with Crippen LogP contribution in [0.15, 0.2) is 16.9 Å². The van der Waals surface area contributed by atoms with Crippen LogP contribution < -0.4 is 5.56 Å². The molecule has 2 aliphatic heterocycles. The molecule has 0 saturated carbocycles. The molecule has 2 heterocycles. The Kier molecular flexibility index (Phi) is 2.72. The summed E-state index contributed by atoms with van der Waals surface area (Å²) in [5.74, 6) is 0.522. The van der Waals surface area contributed by atoms with Crippen LogP contribution in [0.1, 0.15) is 11.1 Å². The Hall–Kier alpha value is -2.08. The van der Waals surface area contributed by atoms with Crippen molar-refractivity contribution in [1.82, 2.24) is 19.1 Å². The summed E-state index contributed by atoms with van der Waals surface area (Å²) in [6.07, 6.45) is 0. The first-order valence-electron chi connectivity index (χ1n) is 6.25. The smallest absolute Gasteiger partial charge is 0.282 e. The lowest BCUT2D eigenvalue weighted by Gasteiger charge is -2.15. The zero-order valence-electron chi connectivity index (χ0n) is 11.8. The van der Waals surface area contributed by atoms with E-state index in [2.05, 4.69) is 23.0 Å². The number of hydrogen-bond donors (Lipinski definition) is 0. The fourth-order valence-electron chi connectivity index (χ4n) is 2.27. The van der Waals surface area contributed by atoms with Crippen molar-refractivity contribution in [3.63, 3.8) is 0 Å². The van der Waals surface area contributed by atoms with E-state index in [9.17, 15) is 4.79 Å². The van der Waals surface area contributed by atoms with Gasteiger partial charge in [0.05, 0.1) is 11.0 Å². The minimum absolute atomic E-state index is 0.212. The monoisotopic (exact) mass is 286 g/mol. The summed E-state index contributed by atoms with van der Waals surface area (Å²) >= 11 is 5.11. The average Bonchev–Trinajstić information content (AvgIpc) is 2.41. The van der Waals surface area contributed by atoms with Crippen molar-refractivity contribution in [2.24, 2.45) is 14.1 Å². The lowest BCUT2D eigenvalue weighted by Crippen LogP contribution is -2.25. The summed E-state index contributed by atoms with van der Waals surface area (Å²) in [5.41, 5.74) is 4.19. The molecule has 2 aliphatic rings. The predicted molar refractivity (Wildman–Crippen MR) is 80.7 cm³/mol. The summed E-state index contributed by atoms with van der Waals surface area (Å²) in [5, 5.41) is 0. The quantitative estimate of drug-likeness (QED) is 0.469. The Morgan fingerprint density at radius 2 is 1.70 bits per heavy atom. The van der Waals surface area contributed by atoms with Crippen molar-refractivity contribution in [2.75, 3.05) is 0 Å². The number of nitrogens with zero attached hydrogens (tertiary/aromatic N) is 4. The van der Waals surface area contributed by atoms with Crippen molar-refractivity contribution in [2.45, 2.75) is 13.8 Å². The molecule has 1 aromatic carbocycles. The van der Waals surface area contributed by atoms with Gasteiger partial charge in [0.2, 0.25) is 4.77 Å². The first-order chi connectivity index (χ1) is 9.40. The third kappa shape index (κ3) is 1.68. The molecule has 0 amide bonds. The van der Waals surface area contributed by atoms with Gasteiger partial charge in [0.1, 0.15) is 0 Å². The second kappa shape index (κ2) is 4.21. The molecular weight excluding hydrogens is 272 g/mol. The summed E-state index contributed by atoms with van der Waals surface area (Å²) in [7, 11) is 3.49. The molecular formula is C14H14N4OS.